The van der Waals surface area contributed by atoms with Gasteiger partial charge in [0.05, 0.1) is 4.88 Å². The fraction of sp³-hybridized carbons (Fsp3) is 0.200. The van der Waals surface area contributed by atoms with Gasteiger partial charge in [0.1, 0.15) is 6.04 Å². The molecule has 0 bridgehead atoms. The molecule has 0 aliphatic carbocycles. The Hall–Kier alpha value is -2.14. The van der Waals surface area contributed by atoms with E-state index in [4.69, 9.17) is 5.73 Å². The Morgan fingerprint density at radius 2 is 2.25 bits per heavy atom. The van der Waals surface area contributed by atoms with Crippen LogP contribution < -0.4 is 5.73 Å². The molecule has 0 saturated carbocycles. The number of nitrogens with zero attached hydrogens (tertiary/aromatic N) is 1. The largest absolute Gasteiger partial charge is 0.368 e. The molecule has 0 saturated heterocycles. The molecule has 2 amide bonds. The van der Waals surface area contributed by atoms with Crippen LogP contribution in [0.3, 0.4) is 0 Å². The van der Waals surface area contributed by atoms with E-state index in [2.05, 4.69) is 6.07 Å². The number of amides is 2. The molecule has 1 unspecified atom stereocenters. The Balaban J connectivity index is 2.01. The number of nitrogens with two attached hydrogens (primary N) is 1. The van der Waals surface area contributed by atoms with Crippen molar-refractivity contribution in [2.45, 2.75) is 12.5 Å². The average Bonchev–Trinajstić information content (AvgIpc) is 2.99. The molecule has 1 radical (unpaired) electrons. The maximum atomic E-state index is 12.5. The van der Waals surface area contributed by atoms with Crippen molar-refractivity contribution >= 4 is 23.2 Å². The molecule has 1 aliphatic rings. The van der Waals surface area contributed by atoms with E-state index in [1.807, 2.05) is 23.6 Å². The van der Waals surface area contributed by atoms with Gasteiger partial charge < -0.3 is 10.6 Å². The maximum Gasteiger partial charge on any atom is 0.264 e. The van der Waals surface area contributed by atoms with E-state index >= 15 is 0 Å². The molecule has 1 aromatic heterocycles. The van der Waals surface area contributed by atoms with Crippen molar-refractivity contribution in [3.8, 4) is 0 Å². The van der Waals surface area contributed by atoms with Gasteiger partial charge in [0.25, 0.3) is 5.91 Å². The van der Waals surface area contributed by atoms with Crippen molar-refractivity contribution in [2.75, 3.05) is 6.54 Å². The summed E-state index contributed by atoms with van der Waals surface area (Å²) in [5.41, 5.74) is 7.37. The molecule has 1 aliphatic heterocycles. The molecule has 0 fully saturated rings. The van der Waals surface area contributed by atoms with E-state index < -0.39 is 11.9 Å². The van der Waals surface area contributed by atoms with Crippen LogP contribution in [0.25, 0.3) is 0 Å². The minimum absolute atomic E-state index is 0.137. The van der Waals surface area contributed by atoms with Crippen LogP contribution in [0.4, 0.5) is 0 Å². The molecule has 20 heavy (non-hydrogen) atoms. The molecule has 5 heteroatoms. The van der Waals surface area contributed by atoms with E-state index in [9.17, 15) is 9.59 Å². The summed E-state index contributed by atoms with van der Waals surface area (Å²) in [6.07, 6.45) is 0.716. The molecule has 2 heterocycles. The SMILES string of the molecule is NC(=O)C1c2cc[c]cc2CCN1C(=O)c1cccs1. The smallest absolute Gasteiger partial charge is 0.264 e. The van der Waals surface area contributed by atoms with E-state index in [-0.39, 0.29) is 5.91 Å². The van der Waals surface area contributed by atoms with E-state index in [1.54, 1.807) is 17.0 Å². The number of hydrogen-bond donors (Lipinski definition) is 1. The maximum absolute atomic E-state index is 12.5. The highest BCUT2D eigenvalue weighted by molar-refractivity contribution is 7.12. The number of carbonyl (C=O) groups excluding carboxylic acids is 2. The molecule has 4 nitrogen and oxygen atoms in total. The molecule has 101 valence electrons. The predicted octanol–water partition coefficient (Wildman–Crippen LogP) is 1.77. The second-order valence-electron chi connectivity index (χ2n) is 4.66. The van der Waals surface area contributed by atoms with Crippen LogP contribution in [-0.4, -0.2) is 23.3 Å². The van der Waals surface area contributed by atoms with Crippen LogP contribution >= 0.6 is 11.3 Å². The van der Waals surface area contributed by atoms with Crippen LogP contribution in [0.1, 0.15) is 26.8 Å². The van der Waals surface area contributed by atoms with Gasteiger partial charge in [-0.2, -0.15) is 0 Å². The Morgan fingerprint density at radius 1 is 1.40 bits per heavy atom. The third-order valence-electron chi connectivity index (χ3n) is 3.48. The molecule has 2 aromatic rings. The fourth-order valence-electron chi connectivity index (χ4n) is 2.57. The van der Waals surface area contributed by atoms with Gasteiger partial charge in [0.2, 0.25) is 5.91 Å². The highest BCUT2D eigenvalue weighted by Crippen LogP contribution is 2.31. The number of hydrogen-bond acceptors (Lipinski definition) is 3. The summed E-state index contributed by atoms with van der Waals surface area (Å²) in [5.74, 6) is -0.635. The van der Waals surface area contributed by atoms with Gasteiger partial charge in [-0.15, -0.1) is 11.3 Å². The predicted molar refractivity (Wildman–Crippen MR) is 76.3 cm³/mol. The molecule has 1 aromatic carbocycles. The molecule has 0 spiro atoms. The Morgan fingerprint density at radius 3 is 2.95 bits per heavy atom. The van der Waals surface area contributed by atoms with Gasteiger partial charge in [-0.05, 0) is 35.1 Å². The Bertz CT molecular complexity index is 652. The Kier molecular flexibility index (Phi) is 3.28. The lowest BCUT2D eigenvalue weighted by atomic mass is 9.92. The summed E-state index contributed by atoms with van der Waals surface area (Å²) >= 11 is 1.37. The summed E-state index contributed by atoms with van der Waals surface area (Å²) in [4.78, 5) is 26.5. The molecule has 1 atom stereocenters. The highest BCUT2D eigenvalue weighted by atomic mass is 32.1. The lowest BCUT2D eigenvalue weighted by Crippen LogP contribution is -2.45. The number of benzene rings is 1. The van der Waals surface area contributed by atoms with Gasteiger partial charge in [0, 0.05) is 6.54 Å². The fourth-order valence-corrected chi connectivity index (χ4v) is 3.24. The first kappa shape index (κ1) is 12.9. The first-order chi connectivity index (χ1) is 9.68. The van der Waals surface area contributed by atoms with Gasteiger partial charge in [-0.3, -0.25) is 9.59 Å². The molecular weight excluding hydrogens is 272 g/mol. The number of primary amides is 1. The van der Waals surface area contributed by atoms with Crippen LogP contribution in [0, 0.1) is 6.07 Å². The van der Waals surface area contributed by atoms with E-state index in [0.29, 0.717) is 17.8 Å². The quantitative estimate of drug-likeness (QED) is 0.914. The van der Waals surface area contributed by atoms with Crippen molar-refractivity contribution in [3.63, 3.8) is 0 Å². The zero-order valence-electron chi connectivity index (χ0n) is 10.7. The van der Waals surface area contributed by atoms with Crippen molar-refractivity contribution < 1.29 is 9.59 Å². The first-order valence-electron chi connectivity index (χ1n) is 6.31. The van der Waals surface area contributed by atoms with Crippen LogP contribution in [-0.2, 0) is 11.2 Å². The second kappa shape index (κ2) is 5.09. The van der Waals surface area contributed by atoms with Gasteiger partial charge >= 0.3 is 0 Å². The van der Waals surface area contributed by atoms with Crippen molar-refractivity contribution in [2.24, 2.45) is 5.73 Å². The number of thiophene rings is 1. The summed E-state index contributed by atoms with van der Waals surface area (Å²) in [6, 6.07) is 11.3. The minimum atomic E-state index is -0.692. The lowest BCUT2D eigenvalue weighted by Gasteiger charge is -2.35. The van der Waals surface area contributed by atoms with Crippen LogP contribution in [0.2, 0.25) is 0 Å². The van der Waals surface area contributed by atoms with Gasteiger partial charge in [0.15, 0.2) is 0 Å². The molecule has 3 rings (SSSR count). The minimum Gasteiger partial charge on any atom is -0.368 e. The molecular formula is C15H13N2O2S. The second-order valence-corrected chi connectivity index (χ2v) is 5.60. The zero-order chi connectivity index (χ0) is 14.1. The third-order valence-corrected chi connectivity index (χ3v) is 4.34. The van der Waals surface area contributed by atoms with Crippen molar-refractivity contribution in [3.05, 3.63) is 57.8 Å². The first-order valence-corrected chi connectivity index (χ1v) is 7.19. The summed E-state index contributed by atoms with van der Waals surface area (Å²) in [7, 11) is 0. The lowest BCUT2D eigenvalue weighted by molar-refractivity contribution is -0.123. The summed E-state index contributed by atoms with van der Waals surface area (Å²) < 4.78 is 0. The summed E-state index contributed by atoms with van der Waals surface area (Å²) in [5, 5.41) is 1.85. The van der Waals surface area contributed by atoms with E-state index in [1.165, 1.54) is 11.3 Å². The van der Waals surface area contributed by atoms with Crippen molar-refractivity contribution in [1.82, 2.24) is 4.90 Å². The van der Waals surface area contributed by atoms with Gasteiger partial charge in [-0.25, -0.2) is 0 Å². The topological polar surface area (TPSA) is 63.4 Å². The van der Waals surface area contributed by atoms with E-state index in [0.717, 1.165) is 11.1 Å². The number of fused-ring (bicyclic) bond motifs is 1. The van der Waals surface area contributed by atoms with Crippen LogP contribution in [0.15, 0.2) is 35.7 Å². The highest BCUT2D eigenvalue weighted by Gasteiger charge is 2.35. The van der Waals surface area contributed by atoms with Crippen molar-refractivity contribution in [1.29, 1.82) is 0 Å². The van der Waals surface area contributed by atoms with Gasteiger partial charge in [-0.1, -0.05) is 24.3 Å². The number of rotatable bonds is 2. The number of carbonyl (C=O) groups is 2. The third kappa shape index (κ3) is 2.10. The molecule has 2 N–H and O–H groups in total. The normalized spacial score (nSPS) is 17.6. The average molecular weight is 285 g/mol. The summed E-state index contributed by atoms with van der Waals surface area (Å²) in [6.45, 7) is 0.495. The standard InChI is InChI=1S/C15H13N2O2S/c16-14(18)13-11-5-2-1-4-10(11)7-8-17(13)15(19)12-6-3-9-20-12/h2-6,9,13H,7-8H2,(H2,16,18). The zero-order valence-corrected chi connectivity index (χ0v) is 11.5. The van der Waals surface area contributed by atoms with Crippen LogP contribution in [0.5, 0.6) is 0 Å². The Labute approximate surface area is 120 Å². The monoisotopic (exact) mass is 285 g/mol.